The molecule has 1 aliphatic carbocycles. The van der Waals surface area contributed by atoms with Crippen LogP contribution in [0.1, 0.15) is 57.6 Å². The van der Waals surface area contributed by atoms with Crippen molar-refractivity contribution < 1.29 is 14.7 Å². The van der Waals surface area contributed by atoms with Gasteiger partial charge in [-0.05, 0) is 36.7 Å². The van der Waals surface area contributed by atoms with E-state index in [1.165, 1.54) is 0 Å². The van der Waals surface area contributed by atoms with Crippen LogP contribution < -0.4 is 10.6 Å². The number of carbonyl (C=O) groups is 2. The smallest absolute Gasteiger partial charge is 0.247 e. The first kappa shape index (κ1) is 19.4. The Hall–Kier alpha value is -1.88. The first-order valence-corrected chi connectivity index (χ1v) is 9.25. The topological polar surface area (TPSA) is 78.4 Å². The Bertz CT molecular complexity index is 559. The zero-order chi connectivity index (χ0) is 18.2. The molecule has 0 saturated heterocycles. The maximum Gasteiger partial charge on any atom is 0.247 e. The number of carbonyl (C=O) groups excluding carboxylic acids is 2. The molecular formula is C20H30N2O3. The molecule has 3 atom stereocenters. The largest absolute Gasteiger partial charge is 0.393 e. The Morgan fingerprint density at radius 2 is 1.92 bits per heavy atom. The minimum absolute atomic E-state index is 0.118. The minimum Gasteiger partial charge on any atom is -0.393 e. The average molecular weight is 346 g/mol. The fourth-order valence-electron chi connectivity index (χ4n) is 3.33. The summed E-state index contributed by atoms with van der Waals surface area (Å²) in [7, 11) is 0. The van der Waals surface area contributed by atoms with E-state index in [9.17, 15) is 14.7 Å². The minimum atomic E-state index is -0.680. The summed E-state index contributed by atoms with van der Waals surface area (Å²) in [4.78, 5) is 24.9. The van der Waals surface area contributed by atoms with Crippen molar-refractivity contribution in [1.82, 2.24) is 10.6 Å². The van der Waals surface area contributed by atoms with Gasteiger partial charge < -0.3 is 15.7 Å². The zero-order valence-electron chi connectivity index (χ0n) is 15.2. The summed E-state index contributed by atoms with van der Waals surface area (Å²) in [6, 6.07) is 8.64. The van der Waals surface area contributed by atoms with Gasteiger partial charge in [0, 0.05) is 13.0 Å². The number of aliphatic hydroxyl groups is 1. The fourth-order valence-corrected chi connectivity index (χ4v) is 3.33. The highest BCUT2D eigenvalue weighted by Gasteiger charge is 2.25. The molecule has 2 amide bonds. The van der Waals surface area contributed by atoms with E-state index in [-0.39, 0.29) is 23.8 Å². The van der Waals surface area contributed by atoms with Crippen molar-refractivity contribution in [3.63, 3.8) is 0 Å². The van der Waals surface area contributed by atoms with Crippen molar-refractivity contribution in [2.75, 3.05) is 6.54 Å². The predicted octanol–water partition coefficient (Wildman–Crippen LogP) is 2.56. The molecule has 3 unspecified atom stereocenters. The highest BCUT2D eigenvalue weighted by Crippen LogP contribution is 2.23. The van der Waals surface area contributed by atoms with Crippen molar-refractivity contribution in [3.05, 3.63) is 35.9 Å². The van der Waals surface area contributed by atoms with Crippen LogP contribution in [0.25, 0.3) is 0 Å². The number of rotatable bonds is 7. The maximum atomic E-state index is 12.7. The van der Waals surface area contributed by atoms with Gasteiger partial charge in [-0.3, -0.25) is 9.59 Å². The lowest BCUT2D eigenvalue weighted by Crippen LogP contribution is -2.42. The Morgan fingerprint density at radius 1 is 1.20 bits per heavy atom. The van der Waals surface area contributed by atoms with E-state index in [0.29, 0.717) is 18.9 Å². The van der Waals surface area contributed by atoms with Crippen LogP contribution in [0.4, 0.5) is 0 Å². The molecule has 3 N–H and O–H groups in total. The van der Waals surface area contributed by atoms with Crippen molar-refractivity contribution in [2.45, 2.75) is 58.1 Å². The van der Waals surface area contributed by atoms with Gasteiger partial charge in [0.1, 0.15) is 6.04 Å². The molecule has 1 aromatic carbocycles. The summed E-state index contributed by atoms with van der Waals surface area (Å²) in [6.07, 6.45) is 3.73. The predicted molar refractivity (Wildman–Crippen MR) is 97.8 cm³/mol. The van der Waals surface area contributed by atoms with Gasteiger partial charge in [-0.2, -0.15) is 0 Å². The molecule has 5 nitrogen and oxygen atoms in total. The highest BCUT2D eigenvalue weighted by atomic mass is 16.3. The van der Waals surface area contributed by atoms with E-state index in [0.717, 1.165) is 31.2 Å². The summed E-state index contributed by atoms with van der Waals surface area (Å²) in [5.74, 6) is 0.231. The Kier molecular flexibility index (Phi) is 7.44. The second-order valence-electron chi connectivity index (χ2n) is 7.44. The van der Waals surface area contributed by atoms with Gasteiger partial charge in [-0.15, -0.1) is 0 Å². The van der Waals surface area contributed by atoms with Crippen LogP contribution in [-0.4, -0.2) is 29.6 Å². The number of hydrogen-bond acceptors (Lipinski definition) is 3. The maximum absolute atomic E-state index is 12.7. The molecule has 0 aliphatic heterocycles. The third-order valence-corrected chi connectivity index (χ3v) is 4.61. The summed E-state index contributed by atoms with van der Waals surface area (Å²) in [5.41, 5.74) is 0.779. The van der Waals surface area contributed by atoms with Crippen molar-refractivity contribution >= 4 is 11.8 Å². The lowest BCUT2D eigenvalue weighted by atomic mass is 9.87. The molecule has 0 aromatic heterocycles. The van der Waals surface area contributed by atoms with Gasteiger partial charge in [0.05, 0.1) is 6.10 Å². The van der Waals surface area contributed by atoms with Crippen LogP contribution in [0, 0.1) is 11.8 Å². The molecular weight excluding hydrogens is 316 g/mol. The second-order valence-corrected chi connectivity index (χ2v) is 7.44. The van der Waals surface area contributed by atoms with Crippen LogP contribution in [-0.2, 0) is 9.59 Å². The van der Waals surface area contributed by atoms with Gasteiger partial charge in [-0.1, -0.05) is 50.6 Å². The van der Waals surface area contributed by atoms with E-state index in [2.05, 4.69) is 10.6 Å². The van der Waals surface area contributed by atoms with E-state index in [1.54, 1.807) is 0 Å². The summed E-state index contributed by atoms with van der Waals surface area (Å²) >= 11 is 0. The second kappa shape index (κ2) is 9.56. The van der Waals surface area contributed by atoms with Gasteiger partial charge in [0.15, 0.2) is 0 Å². The molecule has 1 saturated carbocycles. The summed E-state index contributed by atoms with van der Waals surface area (Å²) < 4.78 is 0. The quantitative estimate of drug-likeness (QED) is 0.710. The third kappa shape index (κ3) is 6.50. The molecule has 1 fully saturated rings. The molecule has 5 heteroatoms. The van der Waals surface area contributed by atoms with E-state index in [1.807, 2.05) is 44.2 Å². The van der Waals surface area contributed by atoms with Gasteiger partial charge in [0.2, 0.25) is 11.8 Å². The SMILES string of the molecule is CC(C)CC(=O)NC(C(=O)NCC1CCCC(O)C1)c1ccccc1. The number of hydrogen-bond donors (Lipinski definition) is 3. The van der Waals surface area contributed by atoms with Crippen LogP contribution in [0.5, 0.6) is 0 Å². The van der Waals surface area contributed by atoms with Gasteiger partial charge in [0.25, 0.3) is 0 Å². The van der Waals surface area contributed by atoms with Gasteiger partial charge >= 0.3 is 0 Å². The Morgan fingerprint density at radius 3 is 2.56 bits per heavy atom. The average Bonchev–Trinajstić information content (AvgIpc) is 2.58. The van der Waals surface area contributed by atoms with Crippen LogP contribution in [0.15, 0.2) is 30.3 Å². The number of benzene rings is 1. The molecule has 0 heterocycles. The molecule has 1 aliphatic rings. The van der Waals surface area contributed by atoms with Crippen molar-refractivity contribution in [1.29, 1.82) is 0 Å². The third-order valence-electron chi connectivity index (χ3n) is 4.61. The number of nitrogens with one attached hydrogen (secondary N) is 2. The molecule has 0 spiro atoms. The Labute approximate surface area is 150 Å². The standard InChI is InChI=1S/C20H30N2O3/c1-14(2)11-18(24)22-19(16-8-4-3-5-9-16)20(25)21-13-15-7-6-10-17(23)12-15/h3-5,8-9,14-15,17,19,23H,6-7,10-13H2,1-2H3,(H,21,25)(H,22,24). The van der Waals surface area contributed by atoms with Crippen LogP contribution >= 0.6 is 0 Å². The normalized spacial score (nSPS) is 21.6. The van der Waals surface area contributed by atoms with Crippen molar-refractivity contribution in [3.8, 4) is 0 Å². The fraction of sp³-hybridized carbons (Fsp3) is 0.600. The van der Waals surface area contributed by atoms with E-state index >= 15 is 0 Å². The lowest BCUT2D eigenvalue weighted by molar-refractivity contribution is -0.129. The first-order valence-electron chi connectivity index (χ1n) is 9.25. The van der Waals surface area contributed by atoms with Gasteiger partial charge in [-0.25, -0.2) is 0 Å². The Balaban J connectivity index is 1.98. The monoisotopic (exact) mass is 346 g/mol. The first-order chi connectivity index (χ1) is 12.0. The molecule has 25 heavy (non-hydrogen) atoms. The number of amides is 2. The van der Waals surface area contributed by atoms with Crippen LogP contribution in [0.3, 0.4) is 0 Å². The molecule has 138 valence electrons. The lowest BCUT2D eigenvalue weighted by Gasteiger charge is -2.27. The summed E-state index contributed by atoms with van der Waals surface area (Å²) in [6.45, 7) is 4.50. The molecule has 0 bridgehead atoms. The molecule has 0 radical (unpaired) electrons. The zero-order valence-corrected chi connectivity index (χ0v) is 15.2. The highest BCUT2D eigenvalue weighted by molar-refractivity contribution is 5.88. The van der Waals surface area contributed by atoms with E-state index in [4.69, 9.17) is 0 Å². The van der Waals surface area contributed by atoms with E-state index < -0.39 is 6.04 Å². The van der Waals surface area contributed by atoms with Crippen molar-refractivity contribution in [2.24, 2.45) is 11.8 Å². The summed E-state index contributed by atoms with van der Waals surface area (Å²) in [5, 5.41) is 15.6. The molecule has 1 aromatic rings. The molecule has 2 rings (SSSR count). The number of aliphatic hydroxyl groups excluding tert-OH is 1. The van der Waals surface area contributed by atoms with Crippen LogP contribution in [0.2, 0.25) is 0 Å².